The molecule has 0 fully saturated rings. The molecular weight excluding hydrogens is 346 g/mol. The van der Waals surface area contributed by atoms with Crippen molar-refractivity contribution in [3.8, 4) is 5.75 Å². The SMILES string of the molecule is CCCCCNC(=S)NNC(=O)[C@@H](C)c1ccc2cc(OC)ccc2c1. The summed E-state index contributed by atoms with van der Waals surface area (Å²) in [5.74, 6) is 0.396. The Morgan fingerprint density at radius 1 is 1.12 bits per heavy atom. The number of fused-ring (bicyclic) bond motifs is 1. The van der Waals surface area contributed by atoms with Crippen molar-refractivity contribution in [3.05, 3.63) is 42.0 Å². The first-order valence-electron chi connectivity index (χ1n) is 8.96. The highest BCUT2D eigenvalue weighted by molar-refractivity contribution is 7.80. The van der Waals surface area contributed by atoms with Crippen LogP contribution in [0.2, 0.25) is 0 Å². The van der Waals surface area contributed by atoms with E-state index in [1.807, 2.05) is 43.3 Å². The van der Waals surface area contributed by atoms with Crippen molar-refractivity contribution in [1.29, 1.82) is 0 Å². The third-order valence-electron chi connectivity index (χ3n) is 4.33. The summed E-state index contributed by atoms with van der Waals surface area (Å²) in [5.41, 5.74) is 6.39. The van der Waals surface area contributed by atoms with E-state index in [0.717, 1.165) is 47.9 Å². The molecule has 0 spiro atoms. The topological polar surface area (TPSA) is 62.4 Å². The summed E-state index contributed by atoms with van der Waals surface area (Å²) in [4.78, 5) is 12.4. The van der Waals surface area contributed by atoms with Crippen LogP contribution >= 0.6 is 12.2 Å². The summed E-state index contributed by atoms with van der Waals surface area (Å²) in [6, 6.07) is 11.9. The number of carbonyl (C=O) groups is 1. The van der Waals surface area contributed by atoms with Crippen LogP contribution in [-0.4, -0.2) is 24.7 Å². The van der Waals surface area contributed by atoms with Gasteiger partial charge in [0.2, 0.25) is 5.91 Å². The number of hydrogen-bond donors (Lipinski definition) is 3. The lowest BCUT2D eigenvalue weighted by Crippen LogP contribution is -2.48. The van der Waals surface area contributed by atoms with Gasteiger partial charge in [-0.3, -0.25) is 15.6 Å². The van der Waals surface area contributed by atoms with Crippen molar-refractivity contribution < 1.29 is 9.53 Å². The van der Waals surface area contributed by atoms with Crippen LogP contribution in [0.4, 0.5) is 0 Å². The summed E-state index contributed by atoms with van der Waals surface area (Å²) in [7, 11) is 1.65. The summed E-state index contributed by atoms with van der Waals surface area (Å²) < 4.78 is 5.24. The first-order valence-corrected chi connectivity index (χ1v) is 9.37. The van der Waals surface area contributed by atoms with Gasteiger partial charge in [-0.05, 0) is 54.0 Å². The number of ether oxygens (including phenoxy) is 1. The van der Waals surface area contributed by atoms with E-state index in [-0.39, 0.29) is 11.8 Å². The molecule has 0 aromatic heterocycles. The van der Waals surface area contributed by atoms with Crippen LogP contribution in [0.15, 0.2) is 36.4 Å². The summed E-state index contributed by atoms with van der Waals surface area (Å²) in [6.07, 6.45) is 3.38. The largest absolute Gasteiger partial charge is 0.497 e. The number of amides is 1. The number of unbranched alkanes of at least 4 members (excludes halogenated alkanes) is 2. The van der Waals surface area contributed by atoms with Gasteiger partial charge in [-0.1, -0.05) is 44.0 Å². The van der Waals surface area contributed by atoms with Gasteiger partial charge in [-0.2, -0.15) is 0 Å². The molecule has 1 amide bonds. The predicted octanol–water partition coefficient (Wildman–Crippen LogP) is 3.64. The summed E-state index contributed by atoms with van der Waals surface area (Å²) in [5, 5.41) is 5.67. The van der Waals surface area contributed by atoms with Gasteiger partial charge in [0, 0.05) is 6.54 Å². The third-order valence-corrected chi connectivity index (χ3v) is 4.58. The van der Waals surface area contributed by atoms with Crippen LogP contribution in [0.1, 0.15) is 44.6 Å². The second-order valence-corrected chi connectivity index (χ2v) is 6.68. The van der Waals surface area contributed by atoms with Crippen molar-refractivity contribution in [3.63, 3.8) is 0 Å². The molecule has 3 N–H and O–H groups in total. The van der Waals surface area contributed by atoms with E-state index in [1.165, 1.54) is 0 Å². The maximum Gasteiger partial charge on any atom is 0.245 e. The number of thiocarbonyl (C=S) groups is 1. The minimum absolute atomic E-state index is 0.129. The highest BCUT2D eigenvalue weighted by Gasteiger charge is 2.15. The molecule has 1 atom stereocenters. The van der Waals surface area contributed by atoms with E-state index in [1.54, 1.807) is 7.11 Å². The minimum atomic E-state index is -0.295. The van der Waals surface area contributed by atoms with E-state index in [2.05, 4.69) is 23.1 Å². The molecule has 5 nitrogen and oxygen atoms in total. The number of hydrogen-bond acceptors (Lipinski definition) is 3. The van der Waals surface area contributed by atoms with Crippen molar-refractivity contribution in [2.24, 2.45) is 0 Å². The third kappa shape index (κ3) is 5.59. The van der Waals surface area contributed by atoms with Gasteiger partial charge in [-0.15, -0.1) is 0 Å². The fourth-order valence-electron chi connectivity index (χ4n) is 2.64. The van der Waals surface area contributed by atoms with Crippen LogP contribution in [0, 0.1) is 0 Å². The quantitative estimate of drug-likeness (QED) is 0.393. The Morgan fingerprint density at radius 3 is 2.58 bits per heavy atom. The Balaban J connectivity index is 1.91. The second kappa shape index (κ2) is 9.97. The lowest BCUT2D eigenvalue weighted by molar-refractivity contribution is -0.122. The molecule has 0 unspecified atom stereocenters. The molecule has 0 saturated carbocycles. The number of benzene rings is 2. The van der Waals surface area contributed by atoms with Gasteiger partial charge in [0.25, 0.3) is 0 Å². The van der Waals surface area contributed by atoms with Gasteiger partial charge < -0.3 is 10.1 Å². The van der Waals surface area contributed by atoms with E-state index in [0.29, 0.717) is 5.11 Å². The molecule has 0 heterocycles. The summed E-state index contributed by atoms with van der Waals surface area (Å²) in [6.45, 7) is 4.83. The van der Waals surface area contributed by atoms with Crippen molar-refractivity contribution in [2.45, 2.75) is 39.0 Å². The number of methoxy groups -OCH3 is 1. The Hall–Kier alpha value is -2.34. The van der Waals surface area contributed by atoms with E-state index < -0.39 is 0 Å². The zero-order valence-electron chi connectivity index (χ0n) is 15.6. The van der Waals surface area contributed by atoms with Crippen LogP contribution in [-0.2, 0) is 4.79 Å². The van der Waals surface area contributed by atoms with Crippen LogP contribution in [0.5, 0.6) is 5.75 Å². The van der Waals surface area contributed by atoms with Crippen molar-refractivity contribution in [1.82, 2.24) is 16.2 Å². The van der Waals surface area contributed by atoms with Gasteiger partial charge in [0.15, 0.2) is 5.11 Å². The molecule has 2 rings (SSSR count). The van der Waals surface area contributed by atoms with E-state index in [9.17, 15) is 4.79 Å². The molecule has 0 aliphatic heterocycles. The molecule has 26 heavy (non-hydrogen) atoms. The second-order valence-electron chi connectivity index (χ2n) is 6.27. The predicted molar refractivity (Wildman–Crippen MR) is 110 cm³/mol. The molecule has 0 radical (unpaired) electrons. The van der Waals surface area contributed by atoms with Crippen molar-refractivity contribution in [2.75, 3.05) is 13.7 Å². The lowest BCUT2D eigenvalue weighted by atomic mass is 9.97. The fourth-order valence-corrected chi connectivity index (χ4v) is 2.79. The molecule has 0 aliphatic rings. The van der Waals surface area contributed by atoms with Gasteiger partial charge in [0.05, 0.1) is 13.0 Å². The normalized spacial score (nSPS) is 11.7. The molecule has 140 valence electrons. The molecular formula is C20H27N3O2S. The molecule has 2 aromatic rings. The van der Waals surface area contributed by atoms with Crippen LogP contribution < -0.4 is 20.9 Å². The Kier molecular flexibility index (Phi) is 7.66. The molecule has 0 bridgehead atoms. The minimum Gasteiger partial charge on any atom is -0.497 e. The maximum absolute atomic E-state index is 12.4. The number of nitrogens with one attached hydrogen (secondary N) is 3. The van der Waals surface area contributed by atoms with Gasteiger partial charge in [-0.25, -0.2) is 0 Å². The first-order chi connectivity index (χ1) is 12.5. The highest BCUT2D eigenvalue weighted by atomic mass is 32.1. The van der Waals surface area contributed by atoms with E-state index in [4.69, 9.17) is 17.0 Å². The standard InChI is InChI=1S/C20H27N3O2S/c1-4-5-6-11-21-20(26)23-22-19(24)14(2)15-7-8-17-13-18(25-3)10-9-16(17)12-15/h7-10,12-14H,4-6,11H2,1-3H3,(H,22,24)(H2,21,23,26)/t14-/m0/s1. The van der Waals surface area contributed by atoms with Crippen LogP contribution in [0.25, 0.3) is 10.8 Å². The summed E-state index contributed by atoms with van der Waals surface area (Å²) >= 11 is 5.16. The zero-order chi connectivity index (χ0) is 18.9. The molecule has 6 heteroatoms. The molecule has 0 saturated heterocycles. The monoisotopic (exact) mass is 373 g/mol. The highest BCUT2D eigenvalue weighted by Crippen LogP contribution is 2.25. The van der Waals surface area contributed by atoms with Gasteiger partial charge >= 0.3 is 0 Å². The Bertz CT molecular complexity index is 764. The number of carbonyl (C=O) groups excluding carboxylic acids is 1. The van der Waals surface area contributed by atoms with Crippen LogP contribution in [0.3, 0.4) is 0 Å². The van der Waals surface area contributed by atoms with Gasteiger partial charge in [0.1, 0.15) is 5.75 Å². The number of hydrazine groups is 1. The zero-order valence-corrected chi connectivity index (χ0v) is 16.4. The molecule has 2 aromatic carbocycles. The average molecular weight is 374 g/mol. The van der Waals surface area contributed by atoms with E-state index >= 15 is 0 Å². The molecule has 0 aliphatic carbocycles. The lowest BCUT2D eigenvalue weighted by Gasteiger charge is -2.16. The fraction of sp³-hybridized carbons (Fsp3) is 0.400. The maximum atomic E-state index is 12.4. The Morgan fingerprint density at radius 2 is 1.85 bits per heavy atom. The first kappa shape index (κ1) is 20.0. The van der Waals surface area contributed by atoms with Crippen molar-refractivity contribution >= 4 is 34.0 Å². The average Bonchev–Trinajstić information content (AvgIpc) is 2.67. The smallest absolute Gasteiger partial charge is 0.245 e. The Labute approximate surface area is 160 Å². The number of rotatable bonds is 7.